The zero-order valence-electron chi connectivity index (χ0n) is 18.8. The Balaban J connectivity index is 1.58. The van der Waals surface area contributed by atoms with Crippen molar-refractivity contribution in [3.05, 3.63) is 36.0 Å². The van der Waals surface area contributed by atoms with Gasteiger partial charge >= 0.3 is 6.09 Å². The van der Waals surface area contributed by atoms with Crippen molar-refractivity contribution in [2.24, 2.45) is 11.8 Å². The number of carbonyl (C=O) groups excluding carboxylic acids is 1. The quantitative estimate of drug-likeness (QED) is 0.583. The molecule has 0 N–H and O–H groups in total. The molecule has 1 aliphatic rings. The van der Waals surface area contributed by atoms with E-state index < -0.39 is 5.60 Å². The zero-order chi connectivity index (χ0) is 21.7. The lowest BCUT2D eigenvalue weighted by molar-refractivity contribution is 0.0114. The number of methoxy groups -OCH3 is 1. The Kier molecular flexibility index (Phi) is 7.50. The highest BCUT2D eigenvalue weighted by Crippen LogP contribution is 2.32. The van der Waals surface area contributed by atoms with Gasteiger partial charge in [-0.2, -0.15) is 11.8 Å². The third-order valence-corrected chi connectivity index (χ3v) is 6.87. The predicted molar refractivity (Wildman–Crippen MR) is 124 cm³/mol. The average molecular weight is 431 g/mol. The molecule has 1 amide bonds. The number of likely N-dealkylation sites (tertiary alicyclic amines) is 1. The number of benzene rings is 1. The number of rotatable bonds is 6. The van der Waals surface area contributed by atoms with Gasteiger partial charge in [-0.15, -0.1) is 0 Å². The van der Waals surface area contributed by atoms with Gasteiger partial charge in [0.15, 0.2) is 0 Å². The molecule has 0 spiro atoms. The fraction of sp³-hybridized carbons (Fsp3) is 0.583. The van der Waals surface area contributed by atoms with Crippen LogP contribution in [0.1, 0.15) is 46.1 Å². The molecule has 30 heavy (non-hydrogen) atoms. The summed E-state index contributed by atoms with van der Waals surface area (Å²) in [6.07, 6.45) is 3.83. The van der Waals surface area contributed by atoms with Crippen LogP contribution in [0.2, 0.25) is 0 Å². The normalized spacial score (nSPS) is 19.7. The minimum Gasteiger partial charge on any atom is -0.497 e. The molecular formula is C24H34N2O3S. The molecule has 164 valence electrons. The van der Waals surface area contributed by atoms with Crippen molar-refractivity contribution in [1.29, 1.82) is 0 Å². The molecule has 1 fully saturated rings. The minimum absolute atomic E-state index is 0.177. The van der Waals surface area contributed by atoms with Crippen LogP contribution >= 0.6 is 11.8 Å². The molecule has 1 aromatic carbocycles. The van der Waals surface area contributed by atoms with Crippen molar-refractivity contribution in [3.8, 4) is 5.75 Å². The predicted octanol–water partition coefficient (Wildman–Crippen LogP) is 5.76. The molecule has 1 aromatic heterocycles. The van der Waals surface area contributed by atoms with Gasteiger partial charge in [0.05, 0.1) is 12.6 Å². The van der Waals surface area contributed by atoms with E-state index in [9.17, 15) is 4.79 Å². The maximum Gasteiger partial charge on any atom is 0.410 e. The fourth-order valence-corrected chi connectivity index (χ4v) is 5.34. The van der Waals surface area contributed by atoms with E-state index in [2.05, 4.69) is 24.0 Å². The minimum atomic E-state index is -0.443. The van der Waals surface area contributed by atoms with E-state index in [1.165, 1.54) is 5.56 Å². The van der Waals surface area contributed by atoms with Crippen LogP contribution in [0.4, 0.5) is 4.79 Å². The first-order chi connectivity index (χ1) is 14.3. The summed E-state index contributed by atoms with van der Waals surface area (Å²) < 4.78 is 11.0. The van der Waals surface area contributed by atoms with Gasteiger partial charge in [-0.1, -0.05) is 13.3 Å². The number of amides is 1. The molecule has 2 unspecified atom stereocenters. The van der Waals surface area contributed by atoms with Crippen molar-refractivity contribution in [3.63, 3.8) is 0 Å². The Bertz CT molecular complexity index is 865. The Morgan fingerprint density at radius 2 is 2.07 bits per heavy atom. The number of piperidine rings is 1. The average Bonchev–Trinajstić information content (AvgIpc) is 2.72. The van der Waals surface area contributed by atoms with E-state index in [1.54, 1.807) is 7.11 Å². The van der Waals surface area contributed by atoms with Crippen LogP contribution in [0.5, 0.6) is 5.75 Å². The Morgan fingerprint density at radius 1 is 1.27 bits per heavy atom. The van der Waals surface area contributed by atoms with Crippen LogP contribution in [0.15, 0.2) is 30.5 Å². The summed E-state index contributed by atoms with van der Waals surface area (Å²) in [5.41, 5.74) is 1.86. The number of nitrogens with zero attached hydrogens (tertiary/aromatic N) is 2. The first-order valence-electron chi connectivity index (χ1n) is 10.8. The number of hydrogen-bond donors (Lipinski definition) is 0. The molecule has 2 heterocycles. The Labute approximate surface area is 184 Å². The number of fused-ring (bicyclic) bond motifs is 1. The van der Waals surface area contributed by atoms with Crippen LogP contribution in [-0.4, -0.2) is 47.5 Å². The third kappa shape index (κ3) is 5.81. The lowest BCUT2D eigenvalue weighted by Crippen LogP contribution is -2.46. The Morgan fingerprint density at radius 3 is 2.77 bits per heavy atom. The summed E-state index contributed by atoms with van der Waals surface area (Å²) in [4.78, 5) is 18.8. The number of hydrogen-bond acceptors (Lipinski definition) is 5. The molecule has 6 heteroatoms. The summed E-state index contributed by atoms with van der Waals surface area (Å²) in [5, 5.41) is 1.16. The molecule has 1 saturated heterocycles. The van der Waals surface area contributed by atoms with E-state index in [0.717, 1.165) is 54.1 Å². The number of pyridine rings is 1. The maximum absolute atomic E-state index is 12.4. The van der Waals surface area contributed by atoms with Crippen molar-refractivity contribution in [1.82, 2.24) is 9.88 Å². The van der Waals surface area contributed by atoms with Gasteiger partial charge in [-0.3, -0.25) is 4.98 Å². The molecule has 2 aromatic rings. The zero-order valence-corrected chi connectivity index (χ0v) is 19.6. The number of ether oxygens (including phenoxy) is 2. The standard InChI is InChI=1S/C24H34N2O3S/c1-6-17-14-26(23(27)29-24(2,3)4)12-10-18(17)15-30-16-19-9-11-25-22-8-7-20(28-5)13-21(19)22/h7-9,11,13,17-18H,6,10,12,14-16H2,1-5H3. The van der Waals surface area contributed by atoms with E-state index >= 15 is 0 Å². The van der Waals surface area contributed by atoms with Crippen LogP contribution < -0.4 is 4.74 Å². The van der Waals surface area contributed by atoms with Crippen molar-refractivity contribution < 1.29 is 14.3 Å². The fourth-order valence-electron chi connectivity index (χ4n) is 4.01. The van der Waals surface area contributed by atoms with Crippen molar-refractivity contribution in [2.45, 2.75) is 51.9 Å². The lowest BCUT2D eigenvalue weighted by atomic mass is 9.85. The molecule has 0 saturated carbocycles. The summed E-state index contributed by atoms with van der Waals surface area (Å²) >= 11 is 1.98. The summed E-state index contributed by atoms with van der Waals surface area (Å²) in [6, 6.07) is 8.15. The van der Waals surface area contributed by atoms with Crippen molar-refractivity contribution in [2.75, 3.05) is 26.0 Å². The highest BCUT2D eigenvalue weighted by Gasteiger charge is 2.32. The molecule has 2 atom stereocenters. The summed E-state index contributed by atoms with van der Waals surface area (Å²) in [7, 11) is 1.69. The van der Waals surface area contributed by atoms with Gasteiger partial charge in [0.25, 0.3) is 0 Å². The van der Waals surface area contributed by atoms with Gasteiger partial charge in [-0.05, 0) is 74.6 Å². The molecule has 3 rings (SSSR count). The first-order valence-corrected chi connectivity index (χ1v) is 11.9. The molecule has 0 aliphatic carbocycles. The molecule has 1 aliphatic heterocycles. The lowest BCUT2D eigenvalue weighted by Gasteiger charge is -2.38. The second-order valence-electron chi connectivity index (χ2n) is 9.01. The second-order valence-corrected chi connectivity index (χ2v) is 10.0. The SMILES string of the molecule is CCC1CN(C(=O)OC(C)(C)C)CCC1CSCc1ccnc2ccc(OC)cc12. The van der Waals surface area contributed by atoms with E-state index in [4.69, 9.17) is 9.47 Å². The highest BCUT2D eigenvalue weighted by atomic mass is 32.2. The first kappa shape index (κ1) is 22.7. The third-order valence-electron chi connectivity index (χ3n) is 5.70. The topological polar surface area (TPSA) is 51.7 Å². The highest BCUT2D eigenvalue weighted by molar-refractivity contribution is 7.98. The largest absolute Gasteiger partial charge is 0.497 e. The molecule has 0 radical (unpaired) electrons. The monoisotopic (exact) mass is 430 g/mol. The maximum atomic E-state index is 12.4. The number of carbonyl (C=O) groups is 1. The Hall–Kier alpha value is -1.95. The van der Waals surface area contributed by atoms with E-state index in [1.807, 2.05) is 55.8 Å². The van der Waals surface area contributed by atoms with E-state index in [-0.39, 0.29) is 6.09 Å². The second kappa shape index (κ2) is 9.90. The van der Waals surface area contributed by atoms with Gasteiger partial charge in [0, 0.05) is 30.4 Å². The van der Waals surface area contributed by atoms with Crippen LogP contribution in [0.3, 0.4) is 0 Å². The number of aromatic nitrogens is 1. The van der Waals surface area contributed by atoms with Gasteiger partial charge < -0.3 is 14.4 Å². The van der Waals surface area contributed by atoms with Crippen LogP contribution in [0.25, 0.3) is 10.9 Å². The van der Waals surface area contributed by atoms with Crippen LogP contribution in [0, 0.1) is 11.8 Å². The van der Waals surface area contributed by atoms with Gasteiger partial charge in [-0.25, -0.2) is 4.79 Å². The summed E-state index contributed by atoms with van der Waals surface area (Å²) in [6.45, 7) is 9.57. The molecule has 0 bridgehead atoms. The van der Waals surface area contributed by atoms with Crippen LogP contribution in [-0.2, 0) is 10.5 Å². The van der Waals surface area contributed by atoms with Crippen molar-refractivity contribution >= 4 is 28.8 Å². The number of thioether (sulfide) groups is 1. The molecular weight excluding hydrogens is 396 g/mol. The molecule has 5 nitrogen and oxygen atoms in total. The van der Waals surface area contributed by atoms with Gasteiger partial charge in [0.1, 0.15) is 11.4 Å². The van der Waals surface area contributed by atoms with E-state index in [0.29, 0.717) is 11.8 Å². The van der Waals surface area contributed by atoms with Gasteiger partial charge in [0.2, 0.25) is 0 Å². The smallest absolute Gasteiger partial charge is 0.410 e. The summed E-state index contributed by atoms with van der Waals surface area (Å²) in [5.74, 6) is 4.07.